The van der Waals surface area contributed by atoms with E-state index in [1.165, 1.54) is 0 Å². The summed E-state index contributed by atoms with van der Waals surface area (Å²) in [6.07, 6.45) is 3.44. The number of hydrogen-bond acceptors (Lipinski definition) is 3. The number of rotatable bonds is 10. The highest BCUT2D eigenvalue weighted by Crippen LogP contribution is 1.96. The molecule has 0 saturated heterocycles. The van der Waals surface area contributed by atoms with Gasteiger partial charge in [-0.05, 0) is 32.6 Å². The lowest BCUT2D eigenvalue weighted by atomic mass is 10.2. The number of unbranched alkanes of at least 4 members (excludes halogenated alkanes) is 2. The maximum Gasteiger partial charge on any atom is 0.314 e. The Morgan fingerprint density at radius 2 is 2.00 bits per heavy atom. The predicted octanol–water partition coefficient (Wildman–Crippen LogP) is 1.36. The van der Waals surface area contributed by atoms with Gasteiger partial charge in [0, 0.05) is 32.7 Å². The van der Waals surface area contributed by atoms with Crippen molar-refractivity contribution in [2.24, 2.45) is 0 Å². The minimum absolute atomic E-state index is 0.0679. The summed E-state index contributed by atoms with van der Waals surface area (Å²) in [6, 6.07) is -0.366. The standard InChI is InChI=1S/C12H24N2O4/c1-10(6-7-11(15)16)14-12(17)13-8-4-3-5-9-18-2/h10H,3-9H2,1-2H3,(H,15,16)(H2,13,14,17). The summed E-state index contributed by atoms with van der Waals surface area (Å²) in [5.41, 5.74) is 0. The van der Waals surface area contributed by atoms with Crippen LogP contribution in [-0.2, 0) is 9.53 Å². The van der Waals surface area contributed by atoms with Crippen molar-refractivity contribution in [1.29, 1.82) is 0 Å². The molecular weight excluding hydrogens is 236 g/mol. The van der Waals surface area contributed by atoms with E-state index in [-0.39, 0.29) is 18.5 Å². The Balaban J connectivity index is 3.44. The van der Waals surface area contributed by atoms with Crippen LogP contribution in [0.5, 0.6) is 0 Å². The molecule has 1 unspecified atom stereocenters. The van der Waals surface area contributed by atoms with Crippen LogP contribution >= 0.6 is 0 Å². The van der Waals surface area contributed by atoms with E-state index in [1.54, 1.807) is 14.0 Å². The maximum atomic E-state index is 11.4. The van der Waals surface area contributed by atoms with E-state index in [1.807, 2.05) is 0 Å². The van der Waals surface area contributed by atoms with E-state index < -0.39 is 5.97 Å². The molecule has 0 rings (SSSR count). The summed E-state index contributed by atoms with van der Waals surface area (Å²) in [5, 5.41) is 13.9. The number of carboxylic acid groups (broad SMARTS) is 1. The second-order valence-corrected chi connectivity index (χ2v) is 4.29. The van der Waals surface area contributed by atoms with Gasteiger partial charge in [-0.15, -0.1) is 0 Å². The van der Waals surface area contributed by atoms with Gasteiger partial charge in [0.15, 0.2) is 0 Å². The Morgan fingerprint density at radius 3 is 2.61 bits per heavy atom. The zero-order chi connectivity index (χ0) is 13.8. The van der Waals surface area contributed by atoms with E-state index in [9.17, 15) is 9.59 Å². The molecule has 106 valence electrons. The molecule has 0 bridgehead atoms. The number of urea groups is 1. The molecule has 0 fully saturated rings. The van der Waals surface area contributed by atoms with Crippen LogP contribution in [0.3, 0.4) is 0 Å². The molecule has 6 nitrogen and oxygen atoms in total. The molecule has 0 saturated carbocycles. The van der Waals surface area contributed by atoms with E-state index in [0.29, 0.717) is 13.0 Å². The van der Waals surface area contributed by atoms with E-state index >= 15 is 0 Å². The molecule has 0 aliphatic carbocycles. The highest BCUT2D eigenvalue weighted by atomic mass is 16.5. The van der Waals surface area contributed by atoms with Gasteiger partial charge >= 0.3 is 12.0 Å². The third-order valence-electron chi connectivity index (χ3n) is 2.48. The monoisotopic (exact) mass is 260 g/mol. The largest absolute Gasteiger partial charge is 0.481 e. The molecule has 0 heterocycles. The summed E-state index contributed by atoms with van der Waals surface area (Å²) >= 11 is 0. The minimum Gasteiger partial charge on any atom is -0.481 e. The number of ether oxygens (including phenoxy) is 1. The molecule has 18 heavy (non-hydrogen) atoms. The highest BCUT2D eigenvalue weighted by molar-refractivity contribution is 5.74. The Bertz CT molecular complexity index is 246. The van der Waals surface area contributed by atoms with Crippen molar-refractivity contribution in [1.82, 2.24) is 10.6 Å². The Kier molecular flexibility index (Phi) is 10.0. The van der Waals surface area contributed by atoms with Crippen molar-refractivity contribution >= 4 is 12.0 Å². The van der Waals surface area contributed by atoms with Crippen LogP contribution in [0.25, 0.3) is 0 Å². The first-order chi connectivity index (χ1) is 8.56. The number of hydrogen-bond donors (Lipinski definition) is 3. The number of amides is 2. The van der Waals surface area contributed by atoms with Crippen molar-refractivity contribution in [3.63, 3.8) is 0 Å². The predicted molar refractivity (Wildman–Crippen MR) is 68.6 cm³/mol. The summed E-state index contributed by atoms with van der Waals surface area (Å²) < 4.78 is 4.92. The van der Waals surface area contributed by atoms with Gasteiger partial charge in [-0.2, -0.15) is 0 Å². The maximum absolute atomic E-state index is 11.4. The fourth-order valence-corrected chi connectivity index (χ4v) is 1.44. The molecule has 0 aromatic rings. The van der Waals surface area contributed by atoms with Gasteiger partial charge in [0.1, 0.15) is 0 Å². The van der Waals surface area contributed by atoms with Crippen LogP contribution in [0.4, 0.5) is 4.79 Å². The summed E-state index contributed by atoms with van der Waals surface area (Å²) in [7, 11) is 1.67. The molecule has 0 aliphatic rings. The van der Waals surface area contributed by atoms with Crippen molar-refractivity contribution in [3.8, 4) is 0 Å². The quantitative estimate of drug-likeness (QED) is 0.517. The minimum atomic E-state index is -0.845. The smallest absolute Gasteiger partial charge is 0.314 e. The number of carboxylic acids is 1. The van der Waals surface area contributed by atoms with Crippen LogP contribution in [0.15, 0.2) is 0 Å². The van der Waals surface area contributed by atoms with Crippen molar-refractivity contribution < 1.29 is 19.4 Å². The molecule has 0 radical (unpaired) electrons. The fraction of sp³-hybridized carbons (Fsp3) is 0.833. The first kappa shape index (κ1) is 16.7. The van der Waals surface area contributed by atoms with Crippen molar-refractivity contribution in [2.45, 2.75) is 45.1 Å². The van der Waals surface area contributed by atoms with Gasteiger partial charge in [0.05, 0.1) is 0 Å². The molecule has 0 aromatic heterocycles. The lowest BCUT2D eigenvalue weighted by molar-refractivity contribution is -0.137. The van der Waals surface area contributed by atoms with Gasteiger partial charge in [0.2, 0.25) is 0 Å². The fourth-order valence-electron chi connectivity index (χ4n) is 1.44. The Morgan fingerprint density at radius 1 is 1.28 bits per heavy atom. The van der Waals surface area contributed by atoms with Crippen molar-refractivity contribution in [3.05, 3.63) is 0 Å². The molecule has 3 N–H and O–H groups in total. The molecule has 6 heteroatoms. The molecule has 1 atom stereocenters. The van der Waals surface area contributed by atoms with E-state index in [0.717, 1.165) is 25.9 Å². The lowest BCUT2D eigenvalue weighted by Gasteiger charge is -2.13. The number of methoxy groups -OCH3 is 1. The molecule has 0 aromatic carbocycles. The van der Waals surface area contributed by atoms with Gasteiger partial charge in [-0.1, -0.05) is 0 Å². The SMILES string of the molecule is COCCCCCNC(=O)NC(C)CCC(=O)O. The first-order valence-corrected chi connectivity index (χ1v) is 6.31. The first-order valence-electron chi connectivity index (χ1n) is 6.31. The topological polar surface area (TPSA) is 87.7 Å². The van der Waals surface area contributed by atoms with E-state index in [2.05, 4.69) is 10.6 Å². The van der Waals surface area contributed by atoms with E-state index in [4.69, 9.17) is 9.84 Å². The van der Waals surface area contributed by atoms with Gasteiger partial charge in [-0.25, -0.2) is 4.79 Å². The van der Waals surface area contributed by atoms with Crippen LogP contribution in [0, 0.1) is 0 Å². The van der Waals surface area contributed by atoms with Crippen LogP contribution in [0.1, 0.15) is 39.0 Å². The molecular formula is C12H24N2O4. The molecule has 0 aliphatic heterocycles. The second-order valence-electron chi connectivity index (χ2n) is 4.29. The number of aliphatic carboxylic acids is 1. The number of carbonyl (C=O) groups is 2. The van der Waals surface area contributed by atoms with Crippen LogP contribution in [-0.4, -0.2) is 43.4 Å². The average molecular weight is 260 g/mol. The average Bonchev–Trinajstić information content (AvgIpc) is 2.31. The van der Waals surface area contributed by atoms with Crippen molar-refractivity contribution in [2.75, 3.05) is 20.3 Å². The summed E-state index contributed by atoms with van der Waals surface area (Å²) in [4.78, 5) is 21.7. The third-order valence-corrected chi connectivity index (χ3v) is 2.48. The van der Waals surface area contributed by atoms with Crippen LogP contribution < -0.4 is 10.6 Å². The molecule has 0 spiro atoms. The zero-order valence-electron chi connectivity index (χ0n) is 11.2. The highest BCUT2D eigenvalue weighted by Gasteiger charge is 2.08. The lowest BCUT2D eigenvalue weighted by Crippen LogP contribution is -2.41. The number of nitrogens with one attached hydrogen (secondary N) is 2. The normalized spacial score (nSPS) is 11.9. The van der Waals surface area contributed by atoms with Crippen LogP contribution in [0.2, 0.25) is 0 Å². The zero-order valence-corrected chi connectivity index (χ0v) is 11.2. The summed E-state index contributed by atoms with van der Waals surface area (Å²) in [5.74, 6) is -0.845. The Hall–Kier alpha value is -1.30. The second kappa shape index (κ2) is 10.8. The van der Waals surface area contributed by atoms with Gasteiger partial charge < -0.3 is 20.5 Å². The molecule has 2 amide bonds. The Labute approximate surface area is 108 Å². The third kappa shape index (κ3) is 11.2. The van der Waals surface area contributed by atoms with Gasteiger partial charge in [-0.3, -0.25) is 4.79 Å². The number of carbonyl (C=O) groups excluding carboxylic acids is 1. The summed E-state index contributed by atoms with van der Waals surface area (Å²) in [6.45, 7) is 3.17. The van der Waals surface area contributed by atoms with Gasteiger partial charge in [0.25, 0.3) is 0 Å².